The van der Waals surface area contributed by atoms with Crippen LogP contribution >= 0.6 is 0 Å². The van der Waals surface area contributed by atoms with E-state index in [0.717, 1.165) is 18.7 Å². The SMILES string of the molecule is CCNC(C)c1ccccc1OCCC(C)(C)C#N. The van der Waals surface area contributed by atoms with Gasteiger partial charge < -0.3 is 10.1 Å². The van der Waals surface area contributed by atoms with Crippen LogP contribution < -0.4 is 10.1 Å². The van der Waals surface area contributed by atoms with Crippen molar-refractivity contribution in [1.82, 2.24) is 5.32 Å². The van der Waals surface area contributed by atoms with E-state index in [1.807, 2.05) is 32.0 Å². The van der Waals surface area contributed by atoms with Gasteiger partial charge in [-0.1, -0.05) is 25.1 Å². The summed E-state index contributed by atoms with van der Waals surface area (Å²) in [4.78, 5) is 0. The van der Waals surface area contributed by atoms with Crippen LogP contribution in [0, 0.1) is 16.7 Å². The van der Waals surface area contributed by atoms with Crippen molar-refractivity contribution in [3.8, 4) is 11.8 Å². The minimum absolute atomic E-state index is 0.269. The highest BCUT2D eigenvalue weighted by molar-refractivity contribution is 5.35. The summed E-state index contributed by atoms with van der Waals surface area (Å²) in [5, 5.41) is 12.4. The average Bonchev–Trinajstić information content (AvgIpc) is 2.39. The monoisotopic (exact) mass is 260 g/mol. The van der Waals surface area contributed by atoms with Crippen LogP contribution in [0.2, 0.25) is 0 Å². The normalized spacial score (nSPS) is 12.8. The predicted octanol–water partition coefficient (Wildman–Crippen LogP) is 3.68. The van der Waals surface area contributed by atoms with Crippen molar-refractivity contribution in [3.05, 3.63) is 29.8 Å². The second kappa shape index (κ2) is 7.16. The number of nitriles is 1. The first kappa shape index (κ1) is 15.5. The van der Waals surface area contributed by atoms with Crippen molar-refractivity contribution in [2.24, 2.45) is 5.41 Å². The Kier molecular flexibility index (Phi) is 5.85. The molecule has 1 rings (SSSR count). The first-order chi connectivity index (χ1) is 9.00. The van der Waals surface area contributed by atoms with E-state index in [0.29, 0.717) is 6.61 Å². The maximum Gasteiger partial charge on any atom is 0.124 e. The lowest BCUT2D eigenvalue weighted by Crippen LogP contribution is -2.19. The summed E-state index contributed by atoms with van der Waals surface area (Å²) in [6.07, 6.45) is 0.730. The van der Waals surface area contributed by atoms with Crippen LogP contribution in [-0.2, 0) is 0 Å². The van der Waals surface area contributed by atoms with Crippen molar-refractivity contribution in [3.63, 3.8) is 0 Å². The number of benzene rings is 1. The highest BCUT2D eigenvalue weighted by Crippen LogP contribution is 2.26. The van der Waals surface area contributed by atoms with Crippen LogP contribution in [0.25, 0.3) is 0 Å². The third-order valence-corrected chi connectivity index (χ3v) is 3.18. The zero-order valence-electron chi connectivity index (χ0n) is 12.4. The van der Waals surface area contributed by atoms with Gasteiger partial charge in [-0.25, -0.2) is 0 Å². The molecule has 1 N–H and O–H groups in total. The van der Waals surface area contributed by atoms with E-state index in [9.17, 15) is 0 Å². The lowest BCUT2D eigenvalue weighted by atomic mass is 9.92. The van der Waals surface area contributed by atoms with Crippen molar-refractivity contribution in [1.29, 1.82) is 5.26 Å². The van der Waals surface area contributed by atoms with Crippen LogP contribution in [-0.4, -0.2) is 13.2 Å². The number of rotatable bonds is 7. The van der Waals surface area contributed by atoms with Crippen molar-refractivity contribution >= 4 is 0 Å². The Morgan fingerprint density at radius 2 is 2.05 bits per heavy atom. The zero-order chi connectivity index (χ0) is 14.3. The number of nitrogens with zero attached hydrogens (tertiary/aromatic N) is 1. The van der Waals surface area contributed by atoms with Gasteiger partial charge in [0.05, 0.1) is 18.1 Å². The Hall–Kier alpha value is -1.53. The van der Waals surface area contributed by atoms with Gasteiger partial charge in [0.25, 0.3) is 0 Å². The van der Waals surface area contributed by atoms with Gasteiger partial charge in [0.2, 0.25) is 0 Å². The minimum Gasteiger partial charge on any atom is -0.493 e. The van der Waals surface area contributed by atoms with E-state index in [4.69, 9.17) is 10.00 Å². The fraction of sp³-hybridized carbons (Fsp3) is 0.562. The van der Waals surface area contributed by atoms with Gasteiger partial charge in [-0.2, -0.15) is 5.26 Å². The molecule has 19 heavy (non-hydrogen) atoms. The summed E-state index contributed by atoms with van der Waals surface area (Å²) >= 11 is 0. The second-order valence-electron chi connectivity index (χ2n) is 5.41. The molecular weight excluding hydrogens is 236 g/mol. The van der Waals surface area contributed by atoms with Gasteiger partial charge in [0.1, 0.15) is 5.75 Å². The summed E-state index contributed by atoms with van der Waals surface area (Å²) < 4.78 is 5.85. The van der Waals surface area contributed by atoms with Crippen LogP contribution in [0.1, 0.15) is 45.7 Å². The standard InChI is InChI=1S/C16H24N2O/c1-5-18-13(2)14-8-6-7-9-15(14)19-11-10-16(3,4)12-17/h6-9,13,18H,5,10-11H2,1-4H3. The summed E-state index contributed by atoms with van der Waals surface area (Å²) in [6.45, 7) is 9.58. The first-order valence-electron chi connectivity index (χ1n) is 6.86. The van der Waals surface area contributed by atoms with E-state index in [2.05, 4.69) is 31.3 Å². The lowest BCUT2D eigenvalue weighted by molar-refractivity contribution is 0.260. The molecule has 0 saturated carbocycles. The van der Waals surface area contributed by atoms with Gasteiger partial charge in [0, 0.05) is 11.6 Å². The number of para-hydroxylation sites is 1. The predicted molar refractivity (Wildman–Crippen MR) is 78.0 cm³/mol. The molecule has 0 saturated heterocycles. The van der Waals surface area contributed by atoms with Crippen LogP contribution in [0.4, 0.5) is 0 Å². The van der Waals surface area contributed by atoms with E-state index in [1.54, 1.807) is 0 Å². The molecule has 0 radical (unpaired) electrons. The average molecular weight is 260 g/mol. The van der Waals surface area contributed by atoms with E-state index in [1.165, 1.54) is 5.56 Å². The Bertz CT molecular complexity index is 435. The number of hydrogen-bond acceptors (Lipinski definition) is 3. The third-order valence-electron chi connectivity index (χ3n) is 3.18. The summed E-state index contributed by atoms with van der Waals surface area (Å²) in [7, 11) is 0. The van der Waals surface area contributed by atoms with Gasteiger partial charge in [-0.15, -0.1) is 0 Å². The molecule has 104 valence electrons. The van der Waals surface area contributed by atoms with Gasteiger partial charge in [-0.3, -0.25) is 0 Å². The summed E-state index contributed by atoms with van der Waals surface area (Å²) in [5.74, 6) is 0.907. The Balaban J connectivity index is 2.66. The van der Waals surface area contributed by atoms with E-state index in [-0.39, 0.29) is 11.5 Å². The summed E-state index contributed by atoms with van der Waals surface area (Å²) in [6, 6.07) is 10.6. The van der Waals surface area contributed by atoms with Crippen LogP contribution in [0.3, 0.4) is 0 Å². The molecule has 0 aromatic heterocycles. The minimum atomic E-state index is -0.331. The maximum absolute atomic E-state index is 8.99. The first-order valence-corrected chi connectivity index (χ1v) is 6.86. The van der Waals surface area contributed by atoms with Gasteiger partial charge in [0.15, 0.2) is 0 Å². The fourth-order valence-corrected chi connectivity index (χ4v) is 1.86. The number of hydrogen-bond donors (Lipinski definition) is 1. The number of nitrogens with one attached hydrogen (secondary N) is 1. The molecule has 0 aliphatic rings. The second-order valence-corrected chi connectivity index (χ2v) is 5.41. The van der Waals surface area contributed by atoms with Crippen LogP contribution in [0.15, 0.2) is 24.3 Å². The van der Waals surface area contributed by atoms with Crippen molar-refractivity contribution in [2.45, 2.75) is 40.2 Å². The molecule has 0 spiro atoms. The van der Waals surface area contributed by atoms with E-state index < -0.39 is 0 Å². The number of ether oxygens (including phenoxy) is 1. The molecule has 3 nitrogen and oxygen atoms in total. The molecule has 1 atom stereocenters. The lowest BCUT2D eigenvalue weighted by Gasteiger charge is -2.19. The molecule has 0 aliphatic carbocycles. The van der Waals surface area contributed by atoms with Gasteiger partial charge in [-0.05, 0) is 39.8 Å². The quantitative estimate of drug-likeness (QED) is 0.813. The molecule has 1 unspecified atom stereocenters. The molecule has 3 heteroatoms. The highest BCUT2D eigenvalue weighted by atomic mass is 16.5. The molecule has 0 fully saturated rings. The molecule has 0 bridgehead atoms. The molecule has 1 aromatic rings. The summed E-state index contributed by atoms with van der Waals surface area (Å²) in [5.41, 5.74) is 0.835. The molecule has 0 aliphatic heterocycles. The molecular formula is C16H24N2O. The Morgan fingerprint density at radius 1 is 1.37 bits per heavy atom. The van der Waals surface area contributed by atoms with Gasteiger partial charge >= 0.3 is 0 Å². The highest BCUT2D eigenvalue weighted by Gasteiger charge is 2.17. The Morgan fingerprint density at radius 3 is 2.68 bits per heavy atom. The fourth-order valence-electron chi connectivity index (χ4n) is 1.86. The smallest absolute Gasteiger partial charge is 0.124 e. The topological polar surface area (TPSA) is 45.0 Å². The maximum atomic E-state index is 8.99. The van der Waals surface area contributed by atoms with Crippen LogP contribution in [0.5, 0.6) is 5.75 Å². The molecule has 0 amide bonds. The largest absolute Gasteiger partial charge is 0.493 e. The molecule has 0 heterocycles. The van der Waals surface area contributed by atoms with Crippen molar-refractivity contribution < 1.29 is 4.74 Å². The third kappa shape index (κ3) is 4.92. The zero-order valence-corrected chi connectivity index (χ0v) is 12.4. The Labute approximate surface area is 116 Å². The van der Waals surface area contributed by atoms with E-state index >= 15 is 0 Å². The molecule has 1 aromatic carbocycles. The van der Waals surface area contributed by atoms with Crippen molar-refractivity contribution in [2.75, 3.05) is 13.2 Å².